The summed E-state index contributed by atoms with van der Waals surface area (Å²) in [4.78, 5) is 11.9. The first-order chi connectivity index (χ1) is 8.35. The fourth-order valence-electron chi connectivity index (χ4n) is 1.58. The highest BCUT2D eigenvalue weighted by molar-refractivity contribution is 7.92. The number of rotatable bonds is 6. The average Bonchev–Trinajstić information content (AvgIpc) is 2.27. The Hall–Kier alpha value is -0.870. The highest BCUT2D eigenvalue weighted by Crippen LogP contribution is 2.17. The molecule has 0 saturated carbocycles. The molecule has 1 atom stereocenters. The Morgan fingerprint density at radius 1 is 1.33 bits per heavy atom. The van der Waals surface area contributed by atoms with Gasteiger partial charge < -0.3 is 0 Å². The van der Waals surface area contributed by atoms with Crippen LogP contribution in [0.25, 0.3) is 0 Å². The lowest BCUT2D eigenvalue weighted by Gasteiger charge is -2.09. The van der Waals surface area contributed by atoms with Crippen molar-refractivity contribution >= 4 is 27.2 Å². The van der Waals surface area contributed by atoms with Gasteiger partial charge in [-0.1, -0.05) is 44.0 Å². The molecule has 0 N–H and O–H groups in total. The Balaban J connectivity index is 2.80. The van der Waals surface area contributed by atoms with E-state index in [2.05, 4.69) is 0 Å². The Bertz CT molecular complexity index is 523. The van der Waals surface area contributed by atoms with E-state index in [1.54, 1.807) is 24.3 Å². The summed E-state index contributed by atoms with van der Waals surface area (Å²) in [5.41, 5.74) is 0.270. The van der Waals surface area contributed by atoms with Gasteiger partial charge in [-0.2, -0.15) is 0 Å². The molecule has 100 valence electrons. The predicted octanol–water partition coefficient (Wildman–Crippen LogP) is 2.98. The van der Waals surface area contributed by atoms with Gasteiger partial charge in [0.1, 0.15) is 5.75 Å². The SMILES string of the molecule is CCC(C)CS(=O)(=O)CC(=O)c1ccccc1Cl. The standard InChI is InChI=1S/C13H17ClO3S/c1-3-10(2)8-18(16,17)9-13(15)11-6-4-5-7-12(11)14/h4-7,10H,3,8-9H2,1-2H3. The largest absolute Gasteiger partial charge is 0.293 e. The molecule has 0 aliphatic carbocycles. The van der Waals surface area contributed by atoms with Crippen molar-refractivity contribution in [2.24, 2.45) is 5.92 Å². The van der Waals surface area contributed by atoms with E-state index in [0.717, 1.165) is 6.42 Å². The molecule has 1 unspecified atom stereocenters. The van der Waals surface area contributed by atoms with Crippen molar-refractivity contribution in [3.63, 3.8) is 0 Å². The van der Waals surface area contributed by atoms with Crippen molar-refractivity contribution in [1.29, 1.82) is 0 Å². The average molecular weight is 289 g/mol. The molecule has 0 spiro atoms. The lowest BCUT2D eigenvalue weighted by molar-refractivity contribution is 0.102. The maximum Gasteiger partial charge on any atom is 0.179 e. The third-order valence-corrected chi connectivity index (χ3v) is 4.87. The van der Waals surface area contributed by atoms with Crippen molar-refractivity contribution in [2.75, 3.05) is 11.5 Å². The number of sulfone groups is 1. The van der Waals surface area contributed by atoms with E-state index in [1.807, 2.05) is 13.8 Å². The molecule has 0 aliphatic rings. The normalized spacial score (nSPS) is 13.3. The van der Waals surface area contributed by atoms with E-state index >= 15 is 0 Å². The number of halogens is 1. The first-order valence-corrected chi connectivity index (χ1v) is 8.03. The fraction of sp³-hybridized carbons (Fsp3) is 0.462. The van der Waals surface area contributed by atoms with Crippen LogP contribution < -0.4 is 0 Å². The summed E-state index contributed by atoms with van der Waals surface area (Å²) in [6.07, 6.45) is 0.777. The van der Waals surface area contributed by atoms with Gasteiger partial charge in [0.05, 0.1) is 10.8 Å². The van der Waals surface area contributed by atoms with E-state index < -0.39 is 21.4 Å². The molecule has 1 aromatic carbocycles. The van der Waals surface area contributed by atoms with Gasteiger partial charge in [0.2, 0.25) is 0 Å². The van der Waals surface area contributed by atoms with Crippen LogP contribution in [0.1, 0.15) is 30.6 Å². The maximum absolute atomic E-state index is 11.9. The molecule has 18 heavy (non-hydrogen) atoms. The Labute approximate surface area is 113 Å². The van der Waals surface area contributed by atoms with Gasteiger partial charge >= 0.3 is 0 Å². The predicted molar refractivity (Wildman–Crippen MR) is 73.9 cm³/mol. The molecule has 1 aromatic rings. The maximum atomic E-state index is 11.9. The number of carbonyl (C=O) groups is 1. The van der Waals surface area contributed by atoms with Crippen molar-refractivity contribution in [3.8, 4) is 0 Å². The Morgan fingerprint density at radius 3 is 2.50 bits per heavy atom. The molecule has 0 amide bonds. The van der Waals surface area contributed by atoms with Crippen LogP contribution in [0.5, 0.6) is 0 Å². The number of hydrogen-bond acceptors (Lipinski definition) is 3. The smallest absolute Gasteiger partial charge is 0.179 e. The number of benzene rings is 1. The molecule has 0 radical (unpaired) electrons. The minimum atomic E-state index is -3.37. The summed E-state index contributed by atoms with van der Waals surface area (Å²) in [5, 5.41) is 0.293. The van der Waals surface area contributed by atoms with Gasteiger partial charge in [-0.15, -0.1) is 0 Å². The zero-order valence-corrected chi connectivity index (χ0v) is 12.1. The van der Waals surface area contributed by atoms with Gasteiger partial charge in [0.25, 0.3) is 0 Å². The van der Waals surface area contributed by atoms with Gasteiger partial charge in [-0.05, 0) is 18.1 Å². The van der Waals surface area contributed by atoms with E-state index in [4.69, 9.17) is 11.6 Å². The fourth-order valence-corrected chi connectivity index (χ4v) is 3.59. The summed E-state index contributed by atoms with van der Waals surface area (Å²) in [5.74, 6) is -0.807. The zero-order valence-electron chi connectivity index (χ0n) is 10.5. The van der Waals surface area contributed by atoms with Crippen LogP contribution >= 0.6 is 11.6 Å². The summed E-state index contributed by atoms with van der Waals surface area (Å²) < 4.78 is 23.7. The molecule has 0 heterocycles. The molecule has 5 heteroatoms. The van der Waals surface area contributed by atoms with Crippen LogP contribution in [0.15, 0.2) is 24.3 Å². The van der Waals surface area contributed by atoms with Crippen LogP contribution in [0.2, 0.25) is 5.02 Å². The van der Waals surface area contributed by atoms with Gasteiger partial charge in [-0.25, -0.2) is 8.42 Å². The summed E-state index contributed by atoms with van der Waals surface area (Å²) >= 11 is 5.87. The van der Waals surface area contributed by atoms with Gasteiger partial charge in [-0.3, -0.25) is 4.79 Å². The first-order valence-electron chi connectivity index (χ1n) is 5.84. The third-order valence-electron chi connectivity index (χ3n) is 2.76. The highest BCUT2D eigenvalue weighted by atomic mass is 35.5. The molecule has 0 bridgehead atoms. The van der Waals surface area contributed by atoms with Gasteiger partial charge in [0, 0.05) is 5.56 Å². The number of hydrogen-bond donors (Lipinski definition) is 0. The van der Waals surface area contributed by atoms with Crippen molar-refractivity contribution in [1.82, 2.24) is 0 Å². The lowest BCUT2D eigenvalue weighted by atomic mass is 10.1. The van der Waals surface area contributed by atoms with Gasteiger partial charge in [0.15, 0.2) is 15.6 Å². The van der Waals surface area contributed by atoms with Crippen LogP contribution in [0.3, 0.4) is 0 Å². The minimum Gasteiger partial charge on any atom is -0.293 e. The second-order valence-electron chi connectivity index (χ2n) is 4.47. The molecule has 0 saturated heterocycles. The molecule has 3 nitrogen and oxygen atoms in total. The lowest BCUT2D eigenvalue weighted by Crippen LogP contribution is -2.22. The van der Waals surface area contributed by atoms with Crippen LogP contribution in [-0.2, 0) is 9.84 Å². The van der Waals surface area contributed by atoms with Crippen LogP contribution in [0.4, 0.5) is 0 Å². The van der Waals surface area contributed by atoms with Crippen molar-refractivity contribution < 1.29 is 13.2 Å². The zero-order chi connectivity index (χ0) is 13.8. The Kier molecular flexibility index (Phi) is 5.35. The second-order valence-corrected chi connectivity index (χ2v) is 6.99. The van der Waals surface area contributed by atoms with Crippen LogP contribution in [0, 0.1) is 5.92 Å². The number of ketones is 1. The van der Waals surface area contributed by atoms with E-state index in [0.29, 0.717) is 5.02 Å². The summed E-state index contributed by atoms with van der Waals surface area (Å²) in [7, 11) is -3.37. The molecular formula is C13H17ClO3S. The summed E-state index contributed by atoms with van der Waals surface area (Å²) in [6, 6.07) is 6.49. The third kappa shape index (κ3) is 4.42. The summed E-state index contributed by atoms with van der Waals surface area (Å²) in [6.45, 7) is 3.79. The van der Waals surface area contributed by atoms with Crippen LogP contribution in [-0.4, -0.2) is 25.7 Å². The molecule has 0 aliphatic heterocycles. The van der Waals surface area contributed by atoms with Crippen molar-refractivity contribution in [3.05, 3.63) is 34.9 Å². The van der Waals surface area contributed by atoms with Crippen molar-refractivity contribution in [2.45, 2.75) is 20.3 Å². The number of Topliss-reactive ketones (excluding diaryl/α,β-unsaturated/α-hetero) is 1. The highest BCUT2D eigenvalue weighted by Gasteiger charge is 2.21. The Morgan fingerprint density at radius 2 is 1.94 bits per heavy atom. The molecule has 0 aromatic heterocycles. The van der Waals surface area contributed by atoms with E-state index in [9.17, 15) is 13.2 Å². The molecule has 1 rings (SSSR count). The minimum absolute atomic E-state index is 0.0414. The topological polar surface area (TPSA) is 51.2 Å². The second kappa shape index (κ2) is 6.34. The van der Waals surface area contributed by atoms with E-state index in [1.165, 1.54) is 0 Å². The molecule has 0 fully saturated rings. The molecular weight excluding hydrogens is 272 g/mol. The van der Waals surface area contributed by atoms with E-state index in [-0.39, 0.29) is 17.2 Å². The quantitative estimate of drug-likeness (QED) is 0.756. The monoisotopic (exact) mass is 288 g/mol. The first kappa shape index (κ1) is 15.2. The number of carbonyl (C=O) groups excluding carboxylic acids is 1.